The molecule has 0 bridgehead atoms. The molecule has 0 aromatic heterocycles. The Bertz CT molecular complexity index is 804. The molecule has 2 fully saturated rings. The van der Waals surface area contributed by atoms with Gasteiger partial charge in [-0.3, -0.25) is 29.4 Å². The average molecular weight is 416 g/mol. The highest BCUT2D eigenvalue weighted by Gasteiger charge is 2.42. The largest absolute Gasteiger partial charge is 0.379 e. The number of imide groups is 1. The van der Waals surface area contributed by atoms with E-state index in [2.05, 4.69) is 20.9 Å². The van der Waals surface area contributed by atoms with Crippen LogP contribution >= 0.6 is 0 Å². The fourth-order valence-electron chi connectivity index (χ4n) is 3.86. The number of ether oxygens (including phenoxy) is 1. The molecule has 2 aliphatic heterocycles. The number of nitrogens with one attached hydrogen (secondary N) is 3. The number of piperidine rings is 1. The van der Waals surface area contributed by atoms with Gasteiger partial charge in [0, 0.05) is 38.3 Å². The number of carbonyl (C=O) groups is 4. The maximum absolute atomic E-state index is 12.5. The molecule has 0 saturated carbocycles. The van der Waals surface area contributed by atoms with Crippen molar-refractivity contribution in [2.24, 2.45) is 0 Å². The van der Waals surface area contributed by atoms with E-state index in [0.29, 0.717) is 51.3 Å². The predicted octanol–water partition coefficient (Wildman–Crippen LogP) is 0.158. The summed E-state index contributed by atoms with van der Waals surface area (Å²) in [5.41, 5.74) is 0.487. The van der Waals surface area contributed by atoms with Crippen LogP contribution in [0.2, 0.25) is 0 Å². The van der Waals surface area contributed by atoms with Gasteiger partial charge in [0.25, 0.3) is 0 Å². The molecule has 9 nitrogen and oxygen atoms in total. The Hall–Kier alpha value is -2.78. The summed E-state index contributed by atoms with van der Waals surface area (Å²) in [6.45, 7) is 5.97. The van der Waals surface area contributed by atoms with Crippen LogP contribution in [0.4, 0.5) is 5.69 Å². The minimum Gasteiger partial charge on any atom is -0.379 e. The van der Waals surface area contributed by atoms with Crippen molar-refractivity contribution in [2.45, 2.75) is 31.6 Å². The second-order valence-electron chi connectivity index (χ2n) is 7.55. The van der Waals surface area contributed by atoms with Crippen LogP contribution in [0.1, 0.15) is 31.7 Å². The first-order valence-electron chi connectivity index (χ1n) is 10.3. The molecule has 3 N–H and O–H groups in total. The number of hydrogen-bond acceptors (Lipinski definition) is 6. The van der Waals surface area contributed by atoms with Crippen molar-refractivity contribution in [2.75, 3.05) is 44.7 Å². The average Bonchev–Trinajstić information content (AvgIpc) is 2.75. The molecule has 3 rings (SSSR count). The number of nitrogens with zero attached hydrogens (tertiary/aromatic N) is 1. The second-order valence-corrected chi connectivity index (χ2v) is 7.55. The fraction of sp³-hybridized carbons (Fsp3) is 0.524. The van der Waals surface area contributed by atoms with Crippen molar-refractivity contribution in [3.63, 3.8) is 0 Å². The van der Waals surface area contributed by atoms with E-state index in [4.69, 9.17) is 4.74 Å². The Morgan fingerprint density at radius 3 is 2.47 bits per heavy atom. The summed E-state index contributed by atoms with van der Waals surface area (Å²) in [5.74, 6) is -1.98. The van der Waals surface area contributed by atoms with Crippen LogP contribution in [0, 0.1) is 0 Å². The SMILES string of the molecule is CC[C@@]1(c2ccc(NC(=O)C(=O)NCCN3CCOCC3)cc2)CCC(=O)NC1=O. The van der Waals surface area contributed by atoms with Gasteiger partial charge >= 0.3 is 11.8 Å². The van der Waals surface area contributed by atoms with Gasteiger partial charge in [-0.2, -0.15) is 0 Å². The summed E-state index contributed by atoms with van der Waals surface area (Å²) in [7, 11) is 0. The lowest BCUT2D eigenvalue weighted by Gasteiger charge is -2.35. The van der Waals surface area contributed by atoms with Gasteiger partial charge < -0.3 is 15.4 Å². The van der Waals surface area contributed by atoms with Crippen LogP contribution in [0.5, 0.6) is 0 Å². The maximum Gasteiger partial charge on any atom is 0.313 e. The van der Waals surface area contributed by atoms with Crippen LogP contribution < -0.4 is 16.0 Å². The highest BCUT2D eigenvalue weighted by atomic mass is 16.5. The van der Waals surface area contributed by atoms with Gasteiger partial charge in [-0.05, 0) is 30.5 Å². The van der Waals surface area contributed by atoms with Crippen LogP contribution in [-0.4, -0.2) is 67.9 Å². The minimum atomic E-state index is -0.757. The lowest BCUT2D eigenvalue weighted by Crippen LogP contribution is -2.51. The van der Waals surface area contributed by atoms with Crippen molar-refractivity contribution in [1.82, 2.24) is 15.5 Å². The highest BCUT2D eigenvalue weighted by Crippen LogP contribution is 2.36. The number of benzene rings is 1. The van der Waals surface area contributed by atoms with Crippen molar-refractivity contribution in [1.29, 1.82) is 0 Å². The van der Waals surface area contributed by atoms with E-state index >= 15 is 0 Å². The van der Waals surface area contributed by atoms with Crippen LogP contribution in [0.3, 0.4) is 0 Å². The molecule has 2 saturated heterocycles. The van der Waals surface area contributed by atoms with E-state index in [1.165, 1.54) is 0 Å². The van der Waals surface area contributed by atoms with Gasteiger partial charge in [0.15, 0.2) is 0 Å². The third-order valence-corrected chi connectivity index (χ3v) is 5.79. The number of rotatable bonds is 6. The number of anilines is 1. The number of hydrogen-bond donors (Lipinski definition) is 3. The minimum absolute atomic E-state index is 0.257. The van der Waals surface area contributed by atoms with E-state index in [1.807, 2.05) is 6.92 Å². The summed E-state index contributed by atoms with van der Waals surface area (Å²) in [6, 6.07) is 6.83. The number of morpholine rings is 1. The molecule has 2 heterocycles. The van der Waals surface area contributed by atoms with Gasteiger partial charge in [0.05, 0.1) is 18.6 Å². The van der Waals surface area contributed by atoms with Crippen molar-refractivity contribution in [3.05, 3.63) is 29.8 Å². The molecular formula is C21H28N4O5. The highest BCUT2D eigenvalue weighted by molar-refractivity contribution is 6.39. The summed E-state index contributed by atoms with van der Waals surface area (Å²) in [6.07, 6.45) is 1.30. The predicted molar refractivity (Wildman–Crippen MR) is 110 cm³/mol. The lowest BCUT2D eigenvalue weighted by atomic mass is 9.72. The van der Waals surface area contributed by atoms with E-state index in [9.17, 15) is 19.2 Å². The Morgan fingerprint density at radius 2 is 1.83 bits per heavy atom. The molecule has 162 valence electrons. The molecule has 2 aliphatic rings. The van der Waals surface area contributed by atoms with Crippen LogP contribution in [-0.2, 0) is 29.3 Å². The molecule has 1 aromatic carbocycles. The van der Waals surface area contributed by atoms with Gasteiger partial charge in [-0.15, -0.1) is 0 Å². The molecule has 1 aromatic rings. The molecule has 0 radical (unpaired) electrons. The van der Waals surface area contributed by atoms with E-state index in [1.54, 1.807) is 24.3 Å². The van der Waals surface area contributed by atoms with Crippen molar-refractivity contribution in [3.8, 4) is 0 Å². The van der Waals surface area contributed by atoms with Crippen molar-refractivity contribution >= 4 is 29.3 Å². The molecule has 0 aliphatic carbocycles. The Morgan fingerprint density at radius 1 is 1.13 bits per heavy atom. The molecule has 0 unspecified atom stereocenters. The quantitative estimate of drug-likeness (QED) is 0.449. The third kappa shape index (κ3) is 5.03. The van der Waals surface area contributed by atoms with E-state index in [0.717, 1.165) is 18.7 Å². The zero-order valence-corrected chi connectivity index (χ0v) is 17.2. The third-order valence-electron chi connectivity index (χ3n) is 5.79. The summed E-state index contributed by atoms with van der Waals surface area (Å²) in [4.78, 5) is 50.3. The molecule has 1 atom stereocenters. The van der Waals surface area contributed by atoms with Crippen molar-refractivity contribution < 1.29 is 23.9 Å². The summed E-state index contributed by atoms with van der Waals surface area (Å²) >= 11 is 0. The first-order chi connectivity index (χ1) is 14.4. The Labute approximate surface area is 175 Å². The molecular weight excluding hydrogens is 388 g/mol. The molecule has 30 heavy (non-hydrogen) atoms. The molecule has 0 spiro atoms. The van der Waals surface area contributed by atoms with Crippen LogP contribution in [0.25, 0.3) is 0 Å². The molecule has 9 heteroatoms. The first kappa shape index (κ1) is 21.9. The zero-order chi connectivity index (χ0) is 21.6. The summed E-state index contributed by atoms with van der Waals surface area (Å²) in [5, 5.41) is 7.60. The van der Waals surface area contributed by atoms with Gasteiger partial charge in [0.2, 0.25) is 11.8 Å². The molecule has 4 amide bonds. The lowest BCUT2D eigenvalue weighted by molar-refractivity contribution is -0.138. The second kappa shape index (κ2) is 9.82. The first-order valence-corrected chi connectivity index (χ1v) is 10.3. The number of carbonyl (C=O) groups excluding carboxylic acids is 4. The van der Waals surface area contributed by atoms with Gasteiger partial charge in [-0.25, -0.2) is 0 Å². The van der Waals surface area contributed by atoms with E-state index < -0.39 is 17.2 Å². The van der Waals surface area contributed by atoms with Gasteiger partial charge in [-0.1, -0.05) is 19.1 Å². The normalized spacial score (nSPS) is 22.3. The fourth-order valence-corrected chi connectivity index (χ4v) is 3.86. The summed E-state index contributed by atoms with van der Waals surface area (Å²) < 4.78 is 5.27. The maximum atomic E-state index is 12.5. The van der Waals surface area contributed by atoms with Crippen LogP contribution in [0.15, 0.2) is 24.3 Å². The van der Waals surface area contributed by atoms with Gasteiger partial charge in [0.1, 0.15) is 0 Å². The number of amides is 4. The zero-order valence-electron chi connectivity index (χ0n) is 17.2. The smallest absolute Gasteiger partial charge is 0.313 e. The Kier molecular flexibility index (Phi) is 7.17. The van der Waals surface area contributed by atoms with E-state index in [-0.39, 0.29) is 11.8 Å². The standard InChI is InChI=1S/C21H28N4O5/c1-2-21(8-7-17(26)24-20(21)29)15-3-5-16(6-4-15)23-19(28)18(27)22-9-10-25-11-13-30-14-12-25/h3-6H,2,7-14H2,1H3,(H,22,27)(H,23,28)(H,24,26,29)/t21-/m0/s1. The Balaban J connectivity index is 1.53. The monoisotopic (exact) mass is 416 g/mol. The topological polar surface area (TPSA) is 117 Å².